The molecule has 1 rings (SSSR count). The van der Waals surface area contributed by atoms with E-state index in [-0.39, 0.29) is 11.2 Å². The number of nitrogens with one attached hydrogen (secondary N) is 1. The summed E-state index contributed by atoms with van der Waals surface area (Å²) in [4.78, 5) is 10.4. The number of aromatic amines is 1. The molecule has 1 radical (unpaired) electrons. The maximum atomic E-state index is 10.4. The zero-order valence-corrected chi connectivity index (χ0v) is 4.01. The summed E-state index contributed by atoms with van der Waals surface area (Å²) in [5.74, 6) is 0. The SMILES string of the molecule is Nc1c[c]n[nH]c1=O. The van der Waals surface area contributed by atoms with Gasteiger partial charge in [0.25, 0.3) is 5.56 Å². The van der Waals surface area contributed by atoms with E-state index in [4.69, 9.17) is 5.73 Å². The highest BCUT2D eigenvalue weighted by Gasteiger charge is 1.86. The second kappa shape index (κ2) is 1.65. The van der Waals surface area contributed by atoms with Gasteiger partial charge >= 0.3 is 0 Å². The van der Waals surface area contributed by atoms with Gasteiger partial charge in [-0.1, -0.05) is 0 Å². The number of aromatic nitrogens is 2. The molecule has 0 aliphatic carbocycles. The molecule has 0 saturated carbocycles. The molecule has 3 N–H and O–H groups in total. The number of rotatable bonds is 0. The van der Waals surface area contributed by atoms with Gasteiger partial charge in [-0.25, -0.2) is 5.10 Å². The molecule has 0 fully saturated rings. The van der Waals surface area contributed by atoms with E-state index in [0.29, 0.717) is 0 Å². The summed E-state index contributed by atoms with van der Waals surface area (Å²) >= 11 is 0. The van der Waals surface area contributed by atoms with E-state index in [1.807, 2.05) is 0 Å². The highest BCUT2D eigenvalue weighted by molar-refractivity contribution is 5.30. The summed E-state index contributed by atoms with van der Waals surface area (Å²) in [6, 6.07) is 1.32. The number of hydrogen-bond donors (Lipinski definition) is 2. The van der Waals surface area contributed by atoms with Gasteiger partial charge in [-0.3, -0.25) is 4.79 Å². The monoisotopic (exact) mass is 110 g/mol. The Balaban J connectivity index is 3.35. The van der Waals surface area contributed by atoms with Crippen LogP contribution in [0.25, 0.3) is 0 Å². The van der Waals surface area contributed by atoms with E-state index >= 15 is 0 Å². The van der Waals surface area contributed by atoms with Crippen molar-refractivity contribution in [3.63, 3.8) is 0 Å². The van der Waals surface area contributed by atoms with Crippen molar-refractivity contribution in [1.82, 2.24) is 10.2 Å². The van der Waals surface area contributed by atoms with Gasteiger partial charge in [0.2, 0.25) is 0 Å². The third-order valence-corrected chi connectivity index (χ3v) is 0.704. The molecular weight excluding hydrogens is 106 g/mol. The van der Waals surface area contributed by atoms with Crippen molar-refractivity contribution in [3.05, 3.63) is 22.6 Å². The van der Waals surface area contributed by atoms with Crippen molar-refractivity contribution in [2.24, 2.45) is 0 Å². The van der Waals surface area contributed by atoms with Gasteiger partial charge in [0.15, 0.2) is 0 Å². The minimum absolute atomic E-state index is 0.139. The smallest absolute Gasteiger partial charge is 0.287 e. The van der Waals surface area contributed by atoms with Crippen LogP contribution in [-0.2, 0) is 0 Å². The van der Waals surface area contributed by atoms with Gasteiger partial charge < -0.3 is 5.73 Å². The summed E-state index contributed by atoms with van der Waals surface area (Å²) in [5.41, 5.74) is 4.87. The topological polar surface area (TPSA) is 71.8 Å². The van der Waals surface area contributed by atoms with E-state index in [0.717, 1.165) is 0 Å². The summed E-state index contributed by atoms with van der Waals surface area (Å²) in [6.07, 6.45) is 2.37. The number of nitrogen functional groups attached to an aromatic ring is 1. The molecule has 0 aliphatic heterocycles. The lowest BCUT2D eigenvalue weighted by atomic mass is 10.5. The third-order valence-electron chi connectivity index (χ3n) is 0.704. The zero-order chi connectivity index (χ0) is 5.98. The quantitative estimate of drug-likeness (QED) is 0.457. The molecule has 0 bridgehead atoms. The lowest BCUT2D eigenvalue weighted by Crippen LogP contribution is -2.11. The van der Waals surface area contributed by atoms with E-state index in [2.05, 4.69) is 16.4 Å². The molecule has 8 heavy (non-hydrogen) atoms. The molecule has 41 valence electrons. The van der Waals surface area contributed by atoms with Crippen molar-refractivity contribution >= 4 is 5.69 Å². The first-order valence-electron chi connectivity index (χ1n) is 2.02. The Morgan fingerprint density at radius 1 is 1.88 bits per heavy atom. The Kier molecular flexibility index (Phi) is 0.997. The molecule has 0 atom stereocenters. The predicted molar refractivity (Wildman–Crippen MR) is 28.1 cm³/mol. The Morgan fingerprint density at radius 3 is 3.00 bits per heavy atom. The molecule has 4 nitrogen and oxygen atoms in total. The minimum Gasteiger partial charge on any atom is -0.394 e. The van der Waals surface area contributed by atoms with Crippen LogP contribution < -0.4 is 11.3 Å². The fourth-order valence-corrected chi connectivity index (χ4v) is 0.315. The number of H-pyrrole nitrogens is 1. The maximum Gasteiger partial charge on any atom is 0.287 e. The summed E-state index contributed by atoms with van der Waals surface area (Å²) < 4.78 is 0. The van der Waals surface area contributed by atoms with Crippen LogP contribution in [0, 0.1) is 6.20 Å². The molecule has 0 spiro atoms. The second-order valence-electron chi connectivity index (χ2n) is 1.28. The number of nitrogens with two attached hydrogens (primary N) is 1. The Bertz CT molecular complexity index is 229. The van der Waals surface area contributed by atoms with Crippen molar-refractivity contribution in [3.8, 4) is 0 Å². The first-order valence-corrected chi connectivity index (χ1v) is 2.02. The van der Waals surface area contributed by atoms with Crippen LogP contribution in [0.5, 0.6) is 0 Å². The molecule has 1 aromatic rings. The summed E-state index contributed by atoms with van der Waals surface area (Å²) in [7, 11) is 0. The molecule has 0 amide bonds. The zero-order valence-electron chi connectivity index (χ0n) is 4.01. The molecule has 0 aliphatic rings. The normalized spacial score (nSPS) is 9.00. The molecule has 0 unspecified atom stereocenters. The van der Waals surface area contributed by atoms with Gasteiger partial charge in [0.05, 0.1) is 0 Å². The standard InChI is InChI=1S/C4H4N3O/c5-3-1-2-6-7-4(3)8/h1H,(H2,5,6)(H,7,8). The largest absolute Gasteiger partial charge is 0.394 e. The van der Waals surface area contributed by atoms with E-state index in [9.17, 15) is 4.79 Å². The fourth-order valence-electron chi connectivity index (χ4n) is 0.315. The van der Waals surface area contributed by atoms with E-state index in [1.165, 1.54) is 6.07 Å². The van der Waals surface area contributed by atoms with Gasteiger partial charge in [0, 0.05) is 0 Å². The third kappa shape index (κ3) is 0.676. The Hall–Kier alpha value is -1.32. The van der Waals surface area contributed by atoms with E-state index in [1.54, 1.807) is 0 Å². The van der Waals surface area contributed by atoms with Crippen molar-refractivity contribution in [1.29, 1.82) is 0 Å². The lowest BCUT2D eigenvalue weighted by Gasteiger charge is -1.82. The second-order valence-corrected chi connectivity index (χ2v) is 1.28. The van der Waals surface area contributed by atoms with Crippen molar-refractivity contribution in [2.75, 3.05) is 5.73 Å². The van der Waals surface area contributed by atoms with Gasteiger partial charge in [-0.2, -0.15) is 5.10 Å². The van der Waals surface area contributed by atoms with Crippen LogP contribution in [0.2, 0.25) is 0 Å². The highest BCUT2D eigenvalue weighted by atomic mass is 16.1. The van der Waals surface area contributed by atoms with Crippen LogP contribution in [0.15, 0.2) is 10.9 Å². The van der Waals surface area contributed by atoms with E-state index < -0.39 is 0 Å². The van der Waals surface area contributed by atoms with Gasteiger partial charge in [-0.05, 0) is 6.07 Å². The molecule has 4 heteroatoms. The Morgan fingerprint density at radius 2 is 2.62 bits per heavy atom. The first-order chi connectivity index (χ1) is 3.80. The van der Waals surface area contributed by atoms with Crippen LogP contribution in [0.4, 0.5) is 5.69 Å². The fraction of sp³-hybridized carbons (Fsp3) is 0. The predicted octanol–water partition coefficient (Wildman–Crippen LogP) is -0.848. The first kappa shape index (κ1) is 4.83. The van der Waals surface area contributed by atoms with Crippen molar-refractivity contribution in [2.45, 2.75) is 0 Å². The Labute approximate surface area is 45.3 Å². The maximum absolute atomic E-state index is 10.4. The molecular formula is C4H4N3O. The van der Waals surface area contributed by atoms with Gasteiger partial charge in [0.1, 0.15) is 11.9 Å². The summed E-state index contributed by atoms with van der Waals surface area (Å²) in [6.45, 7) is 0. The number of nitrogens with zero attached hydrogens (tertiary/aromatic N) is 1. The molecule has 0 aromatic carbocycles. The summed E-state index contributed by atoms with van der Waals surface area (Å²) in [5, 5.41) is 5.42. The molecule has 1 heterocycles. The van der Waals surface area contributed by atoms with Crippen LogP contribution >= 0.6 is 0 Å². The molecule has 0 saturated heterocycles. The average molecular weight is 110 g/mol. The number of hydrogen-bond acceptors (Lipinski definition) is 3. The minimum atomic E-state index is -0.372. The van der Waals surface area contributed by atoms with Crippen molar-refractivity contribution < 1.29 is 0 Å². The van der Waals surface area contributed by atoms with Crippen LogP contribution in [0.3, 0.4) is 0 Å². The van der Waals surface area contributed by atoms with Crippen LogP contribution in [0.1, 0.15) is 0 Å². The average Bonchev–Trinajstić information content (AvgIpc) is 1.77. The lowest BCUT2D eigenvalue weighted by molar-refractivity contribution is 0.986. The number of anilines is 1. The van der Waals surface area contributed by atoms with Gasteiger partial charge in [-0.15, -0.1) is 0 Å². The molecule has 1 aromatic heterocycles. The van der Waals surface area contributed by atoms with Crippen LogP contribution in [-0.4, -0.2) is 10.2 Å². The highest BCUT2D eigenvalue weighted by Crippen LogP contribution is 1.80.